The Morgan fingerprint density at radius 3 is 0.583 bits per heavy atom. The summed E-state index contributed by atoms with van der Waals surface area (Å²) in [7, 11) is 0. The molecule has 1 heterocycles. The van der Waals surface area contributed by atoms with Crippen LogP contribution in [0.2, 0.25) is 0 Å². The average molecular weight is 1250 g/mol. The molecule has 7 aromatic rings. The molecule has 0 unspecified atom stereocenters. The summed E-state index contributed by atoms with van der Waals surface area (Å²) in [5.74, 6) is -89.5. The summed E-state index contributed by atoms with van der Waals surface area (Å²) in [6, 6.07) is 0. The van der Waals surface area contributed by atoms with Crippen LogP contribution >= 0.6 is 0 Å². The molecule has 6 aromatic carbocycles. The Morgan fingerprint density at radius 2 is 0.417 bits per heavy atom. The number of rotatable bonds is 16. The van der Waals surface area contributed by atoms with Crippen molar-refractivity contribution >= 4 is 46.2 Å². The molecule has 0 fully saturated rings. The van der Waals surface area contributed by atoms with Gasteiger partial charge in [-0.1, -0.05) is 71.1 Å². The number of H-pyrrole nitrogens is 1. The van der Waals surface area contributed by atoms with Crippen LogP contribution in [-0.2, 0) is 6.42 Å². The molecule has 1 N–H and O–H groups in total. The fraction of sp³-hybridized carbons (Fsp3) is 0.224. The molecule has 0 aliphatic heterocycles. The Kier molecular flexibility index (Phi) is 22.0. The van der Waals surface area contributed by atoms with Crippen molar-refractivity contribution in [3.63, 3.8) is 0 Å². The van der Waals surface area contributed by atoms with E-state index in [-0.39, 0.29) is 0 Å². The van der Waals surface area contributed by atoms with Crippen molar-refractivity contribution in [2.24, 2.45) is 0 Å². The summed E-state index contributed by atoms with van der Waals surface area (Å²) < 4.78 is 417. The zero-order valence-corrected chi connectivity index (χ0v) is 41.0. The molecule has 7 rings (SSSR count). The van der Waals surface area contributed by atoms with Gasteiger partial charge in [0.2, 0.25) is 0 Å². The number of nitrogens with one attached hydrogen (secondary N) is 1. The SMILES string of the molecule is CCCCCCCCCCCc1n[c-]n[nH]1.Fc1c(F)c(F)c(B(c2c(F)c(F)c(F)c(F)c2F)c2c(F)c(F)c(F)c(F)c2F)c(F)c1F.Fc1c(F)c(F)c(B(c2c(F)c(F)c(F)c(F)c2F)c2c(F)c(F)c(F)c(F)c2F)c(F)c1F. The average Bonchev–Trinajstić information content (AvgIpc) is 2.35. The Hall–Kier alpha value is -7.51. The summed E-state index contributed by atoms with van der Waals surface area (Å²) in [5.41, 5.74) is -16.1. The van der Waals surface area contributed by atoms with E-state index in [0.717, 1.165) is 12.2 Å². The number of aromatic amines is 1. The Balaban J connectivity index is 0.000000246. The molecule has 0 saturated heterocycles. The molecule has 84 heavy (non-hydrogen) atoms. The van der Waals surface area contributed by atoms with E-state index in [4.69, 9.17) is 0 Å². The third kappa shape index (κ3) is 12.6. The number of hydrogen-bond acceptors (Lipinski definition) is 2. The number of aryl methyl sites for hydroxylation is 1. The van der Waals surface area contributed by atoms with E-state index >= 15 is 0 Å². The van der Waals surface area contributed by atoms with Gasteiger partial charge >= 0.3 is 0 Å². The van der Waals surface area contributed by atoms with E-state index in [2.05, 4.69) is 28.4 Å². The van der Waals surface area contributed by atoms with Crippen LogP contribution in [0.5, 0.6) is 0 Å². The highest BCUT2D eigenvalue weighted by atomic mass is 19.2. The van der Waals surface area contributed by atoms with E-state index in [1.807, 2.05) is 0 Å². The maximum atomic E-state index is 14.4. The van der Waals surface area contributed by atoms with Crippen molar-refractivity contribution in [3.05, 3.63) is 187 Å². The van der Waals surface area contributed by atoms with E-state index in [1.165, 1.54) is 57.8 Å². The standard InChI is InChI=1S/2C18BF15.C13H24N3/c2*20-4-1(5(21)11(27)16(32)10(4)26)19(2-6(22)12(28)17(33)13(29)7(2)23)3-8(24)14(30)18(34)15(31)9(3)25;1-2-3-4-5-6-7-8-9-10-11-13-14-12-15-16-13/h;;2-11H2,1H3,(H,14,15,16)/q;;-1. The van der Waals surface area contributed by atoms with Gasteiger partial charge in [0.05, 0.1) is 0 Å². The summed E-state index contributed by atoms with van der Waals surface area (Å²) >= 11 is 0. The van der Waals surface area contributed by atoms with Gasteiger partial charge in [-0.3, -0.25) is 5.10 Å². The van der Waals surface area contributed by atoms with Crippen LogP contribution in [0.3, 0.4) is 0 Å². The number of nitrogens with zero attached hydrogens (tertiary/aromatic N) is 2. The molecule has 3 nitrogen and oxygen atoms in total. The molecular weight excluding hydrogens is 1220 g/mol. The molecular formula is C49H24B2F30N3-. The zero-order valence-electron chi connectivity index (χ0n) is 41.0. The third-order valence-electron chi connectivity index (χ3n) is 12.1. The zero-order chi connectivity index (χ0) is 63.4. The minimum absolute atomic E-state index is 0.975. The van der Waals surface area contributed by atoms with E-state index < -0.39 is 221 Å². The molecule has 0 aliphatic carbocycles. The van der Waals surface area contributed by atoms with Crippen LogP contribution < -0.4 is 32.8 Å². The van der Waals surface area contributed by atoms with Gasteiger partial charge in [0.25, 0.3) is 13.4 Å². The summed E-state index contributed by atoms with van der Waals surface area (Å²) in [6.07, 6.45) is 15.9. The minimum atomic E-state index is -3.96. The fourth-order valence-corrected chi connectivity index (χ4v) is 8.03. The van der Waals surface area contributed by atoms with Gasteiger partial charge in [-0.15, -0.1) is 0 Å². The highest BCUT2D eigenvalue weighted by Crippen LogP contribution is 2.27. The van der Waals surface area contributed by atoms with Gasteiger partial charge < -0.3 is 10.1 Å². The van der Waals surface area contributed by atoms with Crippen LogP contribution in [0.1, 0.15) is 70.5 Å². The minimum Gasteiger partial charge on any atom is -0.418 e. The lowest BCUT2D eigenvalue weighted by Gasteiger charge is -2.21. The first-order valence-electron chi connectivity index (χ1n) is 23.1. The van der Waals surface area contributed by atoms with Crippen LogP contribution in [0.25, 0.3) is 0 Å². The number of halogens is 30. The van der Waals surface area contributed by atoms with Gasteiger partial charge in [0, 0.05) is 32.8 Å². The van der Waals surface area contributed by atoms with Crippen LogP contribution in [-0.4, -0.2) is 28.6 Å². The second-order valence-electron chi connectivity index (χ2n) is 17.2. The van der Waals surface area contributed by atoms with Gasteiger partial charge in [0.1, 0.15) is 0 Å². The molecule has 0 spiro atoms. The van der Waals surface area contributed by atoms with Gasteiger partial charge in [-0.25, -0.2) is 132 Å². The maximum Gasteiger partial charge on any atom is 0.265 e. The fourth-order valence-electron chi connectivity index (χ4n) is 8.03. The molecule has 0 aliphatic rings. The molecule has 1 aromatic heterocycles. The summed E-state index contributed by atoms with van der Waals surface area (Å²) in [6.45, 7) is -5.65. The lowest BCUT2D eigenvalue weighted by molar-refractivity contribution is 0.380. The van der Waals surface area contributed by atoms with Crippen molar-refractivity contribution in [3.8, 4) is 0 Å². The largest absolute Gasteiger partial charge is 0.418 e. The van der Waals surface area contributed by atoms with Crippen molar-refractivity contribution in [1.29, 1.82) is 0 Å². The first-order valence-corrected chi connectivity index (χ1v) is 23.1. The third-order valence-corrected chi connectivity index (χ3v) is 12.1. The molecule has 0 radical (unpaired) electrons. The van der Waals surface area contributed by atoms with Crippen LogP contribution in [0.15, 0.2) is 0 Å². The Morgan fingerprint density at radius 1 is 0.250 bits per heavy atom. The lowest BCUT2D eigenvalue weighted by Crippen LogP contribution is -2.60. The monoisotopic (exact) mass is 1250 g/mol. The van der Waals surface area contributed by atoms with Crippen molar-refractivity contribution in [2.45, 2.75) is 71.1 Å². The van der Waals surface area contributed by atoms with Crippen LogP contribution in [0.4, 0.5) is 132 Å². The number of unbranched alkanes of at least 4 members (excludes halogenated alkanes) is 8. The normalized spacial score (nSPS) is 11.3. The number of hydrogen-bond donors (Lipinski definition) is 1. The van der Waals surface area contributed by atoms with Gasteiger partial charge in [-0.2, -0.15) is 0 Å². The first kappa shape index (κ1) is 67.3. The Bertz CT molecular complexity index is 2920. The van der Waals surface area contributed by atoms with Crippen molar-refractivity contribution < 1.29 is 132 Å². The highest BCUT2D eigenvalue weighted by molar-refractivity contribution is 6.96. The first-order chi connectivity index (χ1) is 39.3. The molecule has 0 saturated carbocycles. The van der Waals surface area contributed by atoms with Gasteiger partial charge in [-0.05, 0) is 12.2 Å². The predicted octanol–water partition coefficient (Wildman–Crippen LogP) is 12.3. The molecule has 0 atom stereocenters. The quantitative estimate of drug-likeness (QED) is 0.0262. The van der Waals surface area contributed by atoms with Gasteiger partial charge in [0.15, 0.2) is 175 Å². The summed E-state index contributed by atoms with van der Waals surface area (Å²) in [5, 5.41) is 6.56. The van der Waals surface area contributed by atoms with Crippen molar-refractivity contribution in [2.75, 3.05) is 0 Å². The van der Waals surface area contributed by atoms with Crippen molar-refractivity contribution in [1.82, 2.24) is 15.2 Å². The predicted molar refractivity (Wildman–Crippen MR) is 233 cm³/mol. The number of aromatic nitrogens is 3. The number of benzene rings is 6. The van der Waals surface area contributed by atoms with E-state index in [1.54, 1.807) is 0 Å². The van der Waals surface area contributed by atoms with E-state index in [9.17, 15) is 132 Å². The second kappa shape index (κ2) is 27.5. The smallest absolute Gasteiger partial charge is 0.265 e. The molecule has 0 bridgehead atoms. The molecule has 0 amide bonds. The van der Waals surface area contributed by atoms with Crippen LogP contribution in [0, 0.1) is 181 Å². The second-order valence-corrected chi connectivity index (χ2v) is 17.2. The highest BCUT2D eigenvalue weighted by Gasteiger charge is 2.47. The molecule has 35 heteroatoms. The Labute approximate surface area is 450 Å². The topological polar surface area (TPSA) is 41.6 Å². The molecule has 452 valence electrons. The lowest BCUT2D eigenvalue weighted by atomic mass is 9.36. The maximum absolute atomic E-state index is 14.4. The summed E-state index contributed by atoms with van der Waals surface area (Å²) in [4.78, 5) is 3.99. The van der Waals surface area contributed by atoms with E-state index in [0.29, 0.717) is 0 Å².